The fourth-order valence-corrected chi connectivity index (χ4v) is 1.09. The maximum absolute atomic E-state index is 11.0. The lowest BCUT2D eigenvalue weighted by atomic mass is 10.3. The van der Waals surface area contributed by atoms with Gasteiger partial charge in [0.05, 0.1) is 6.54 Å². The van der Waals surface area contributed by atoms with Gasteiger partial charge in [0, 0.05) is 6.20 Å². The third-order valence-corrected chi connectivity index (χ3v) is 1.63. The number of nitrogens with zero attached hydrogens (tertiary/aromatic N) is 2. The summed E-state index contributed by atoms with van der Waals surface area (Å²) in [5.41, 5.74) is 0.406. The molecule has 1 aliphatic rings. The van der Waals surface area contributed by atoms with Crippen LogP contribution in [0, 0.1) is 0 Å². The molecule has 0 spiro atoms. The molecule has 2 heterocycles. The monoisotopic (exact) mass is 153 g/mol. The molecule has 58 valence electrons. The number of carbonyl (C=O) groups is 1. The number of amides is 1. The first-order chi connectivity index (χ1) is 5.29. The van der Waals surface area contributed by atoms with E-state index in [9.17, 15) is 9.90 Å². The van der Waals surface area contributed by atoms with Crippen LogP contribution in [0.5, 0.6) is 0 Å². The maximum atomic E-state index is 11.0. The first-order valence-corrected chi connectivity index (χ1v) is 3.29. The number of carbonyl (C=O) groups excluding carboxylic acids is 1. The lowest BCUT2D eigenvalue weighted by Gasteiger charge is -2.19. The minimum atomic E-state index is -0.724. The Bertz CT molecular complexity index is 294. The van der Waals surface area contributed by atoms with Gasteiger partial charge >= 0.3 is 0 Å². The number of aliphatic hydroxyl groups is 1. The fraction of sp³-hybridized carbons (Fsp3) is 0.333. The van der Waals surface area contributed by atoms with Crippen LogP contribution in [-0.2, 0) is 0 Å². The quantitative estimate of drug-likeness (QED) is 0.508. The van der Waals surface area contributed by atoms with E-state index in [0.29, 0.717) is 5.69 Å². The second-order valence-corrected chi connectivity index (χ2v) is 2.35. The van der Waals surface area contributed by atoms with Crippen LogP contribution < -0.4 is 5.32 Å². The van der Waals surface area contributed by atoms with E-state index in [4.69, 9.17) is 0 Å². The molecular weight excluding hydrogens is 146 g/mol. The number of β-amino-alcohol motifs (C(OH)–C–C–N with tert-alkyl or cyclic N) is 1. The molecule has 11 heavy (non-hydrogen) atoms. The molecule has 0 aliphatic carbocycles. The Balaban J connectivity index is 2.51. The highest BCUT2D eigenvalue weighted by Gasteiger charge is 2.22. The number of rotatable bonds is 0. The van der Waals surface area contributed by atoms with Crippen LogP contribution in [0.15, 0.2) is 12.3 Å². The number of aliphatic hydroxyl groups excluding tert-OH is 1. The molecule has 0 fully saturated rings. The molecule has 0 saturated heterocycles. The Kier molecular flexibility index (Phi) is 1.19. The van der Waals surface area contributed by atoms with Crippen molar-refractivity contribution in [3.63, 3.8) is 0 Å². The van der Waals surface area contributed by atoms with Crippen molar-refractivity contribution >= 4 is 5.91 Å². The van der Waals surface area contributed by atoms with E-state index in [2.05, 4.69) is 10.4 Å². The van der Waals surface area contributed by atoms with Gasteiger partial charge in [0.2, 0.25) is 0 Å². The van der Waals surface area contributed by atoms with Gasteiger partial charge < -0.3 is 10.4 Å². The topological polar surface area (TPSA) is 67.2 Å². The Morgan fingerprint density at radius 3 is 3.36 bits per heavy atom. The molecule has 1 aromatic rings. The molecule has 1 aliphatic heterocycles. The van der Waals surface area contributed by atoms with Gasteiger partial charge in [0.1, 0.15) is 5.69 Å². The van der Waals surface area contributed by atoms with Crippen LogP contribution in [0.1, 0.15) is 16.7 Å². The zero-order chi connectivity index (χ0) is 7.84. The third kappa shape index (κ3) is 0.813. The lowest BCUT2D eigenvalue weighted by Crippen LogP contribution is -2.39. The van der Waals surface area contributed by atoms with Crippen LogP contribution in [0.2, 0.25) is 0 Å². The van der Waals surface area contributed by atoms with Crippen molar-refractivity contribution in [2.75, 3.05) is 6.54 Å². The Morgan fingerprint density at radius 2 is 2.64 bits per heavy atom. The average Bonchev–Trinajstić information content (AvgIpc) is 2.45. The number of nitrogens with one attached hydrogen (secondary N) is 1. The molecule has 0 unspecified atom stereocenters. The van der Waals surface area contributed by atoms with E-state index in [1.165, 1.54) is 10.9 Å². The summed E-state index contributed by atoms with van der Waals surface area (Å²) < 4.78 is 1.30. The number of hydrogen-bond acceptors (Lipinski definition) is 3. The minimum Gasteiger partial charge on any atom is -0.370 e. The van der Waals surface area contributed by atoms with E-state index < -0.39 is 6.23 Å². The molecule has 2 N–H and O–H groups in total. The minimum absolute atomic E-state index is 0.187. The van der Waals surface area contributed by atoms with E-state index in [-0.39, 0.29) is 12.5 Å². The van der Waals surface area contributed by atoms with Gasteiger partial charge in [-0.2, -0.15) is 5.10 Å². The molecule has 5 heteroatoms. The third-order valence-electron chi connectivity index (χ3n) is 1.63. The number of fused-ring (bicyclic) bond motifs is 1. The second-order valence-electron chi connectivity index (χ2n) is 2.35. The fourth-order valence-electron chi connectivity index (χ4n) is 1.09. The smallest absolute Gasteiger partial charge is 0.269 e. The molecule has 1 atom stereocenters. The predicted octanol–water partition coefficient (Wildman–Crippen LogP) is -0.883. The van der Waals surface area contributed by atoms with Gasteiger partial charge in [-0.05, 0) is 6.07 Å². The lowest BCUT2D eigenvalue weighted by molar-refractivity contribution is 0.0593. The van der Waals surface area contributed by atoms with Crippen molar-refractivity contribution in [1.29, 1.82) is 0 Å². The largest absolute Gasteiger partial charge is 0.370 e. The highest BCUT2D eigenvalue weighted by molar-refractivity contribution is 5.93. The zero-order valence-electron chi connectivity index (χ0n) is 5.69. The second kappa shape index (κ2) is 2.06. The van der Waals surface area contributed by atoms with E-state index in [1.54, 1.807) is 6.07 Å². The SMILES string of the molecule is O=C1NC[C@H](O)n2nccc21. The maximum Gasteiger partial charge on any atom is 0.269 e. The van der Waals surface area contributed by atoms with Crippen molar-refractivity contribution in [3.8, 4) is 0 Å². The molecule has 0 radical (unpaired) electrons. The molecule has 0 aromatic carbocycles. The van der Waals surface area contributed by atoms with Gasteiger partial charge in [-0.1, -0.05) is 0 Å². The summed E-state index contributed by atoms with van der Waals surface area (Å²) in [4.78, 5) is 11.0. The summed E-state index contributed by atoms with van der Waals surface area (Å²) in [6.07, 6.45) is 0.765. The summed E-state index contributed by atoms with van der Waals surface area (Å²) in [5.74, 6) is -0.187. The molecule has 1 amide bonds. The van der Waals surface area contributed by atoms with Crippen molar-refractivity contribution in [1.82, 2.24) is 15.1 Å². The van der Waals surface area contributed by atoms with Gasteiger partial charge in [-0.15, -0.1) is 0 Å². The van der Waals surface area contributed by atoms with Crippen LogP contribution in [0.25, 0.3) is 0 Å². The standard InChI is InChI=1S/C6H7N3O2/c10-5-3-7-6(11)4-1-2-8-9(4)5/h1-2,5,10H,3H2,(H,7,11)/t5-/m0/s1. The summed E-state index contributed by atoms with van der Waals surface area (Å²) in [7, 11) is 0. The van der Waals surface area contributed by atoms with Crippen molar-refractivity contribution in [2.24, 2.45) is 0 Å². The summed E-state index contributed by atoms with van der Waals surface area (Å²) in [6.45, 7) is 0.230. The highest BCUT2D eigenvalue weighted by atomic mass is 16.3. The average molecular weight is 153 g/mol. The van der Waals surface area contributed by atoms with E-state index >= 15 is 0 Å². The zero-order valence-corrected chi connectivity index (χ0v) is 5.69. The first kappa shape index (κ1) is 6.36. The Morgan fingerprint density at radius 1 is 1.82 bits per heavy atom. The van der Waals surface area contributed by atoms with Crippen LogP contribution in [0.4, 0.5) is 0 Å². The van der Waals surface area contributed by atoms with E-state index in [0.717, 1.165) is 0 Å². The highest BCUT2D eigenvalue weighted by Crippen LogP contribution is 2.09. The van der Waals surface area contributed by atoms with Gasteiger partial charge in [-0.3, -0.25) is 4.79 Å². The summed E-state index contributed by atoms with van der Waals surface area (Å²) >= 11 is 0. The molecule has 0 bridgehead atoms. The molecular formula is C6H7N3O2. The van der Waals surface area contributed by atoms with Crippen molar-refractivity contribution in [2.45, 2.75) is 6.23 Å². The van der Waals surface area contributed by atoms with Gasteiger partial charge in [-0.25, -0.2) is 4.68 Å². The van der Waals surface area contributed by atoms with Crippen LogP contribution in [-0.4, -0.2) is 27.3 Å². The normalized spacial score (nSPS) is 22.6. The summed E-state index contributed by atoms with van der Waals surface area (Å²) in [5, 5.41) is 15.6. The van der Waals surface area contributed by atoms with Crippen molar-refractivity contribution < 1.29 is 9.90 Å². The van der Waals surface area contributed by atoms with Gasteiger partial charge in [0.25, 0.3) is 5.91 Å². The molecule has 5 nitrogen and oxygen atoms in total. The van der Waals surface area contributed by atoms with Crippen LogP contribution >= 0.6 is 0 Å². The van der Waals surface area contributed by atoms with Gasteiger partial charge in [0.15, 0.2) is 6.23 Å². The van der Waals surface area contributed by atoms with Crippen LogP contribution in [0.3, 0.4) is 0 Å². The van der Waals surface area contributed by atoms with Crippen molar-refractivity contribution in [3.05, 3.63) is 18.0 Å². The molecule has 1 aromatic heterocycles. The Labute approximate surface area is 62.6 Å². The number of aromatic nitrogens is 2. The number of hydrogen-bond donors (Lipinski definition) is 2. The summed E-state index contributed by atoms with van der Waals surface area (Å²) in [6, 6.07) is 1.57. The molecule has 2 rings (SSSR count). The molecule has 0 saturated carbocycles. The van der Waals surface area contributed by atoms with E-state index in [1.807, 2.05) is 0 Å². The Hall–Kier alpha value is -1.36. The first-order valence-electron chi connectivity index (χ1n) is 3.29. The predicted molar refractivity (Wildman–Crippen MR) is 35.8 cm³/mol.